The molecule has 4 heteroatoms. The molecule has 5 rings (SSSR count). The van der Waals surface area contributed by atoms with E-state index in [0.717, 1.165) is 37.3 Å². The number of nitrogens with zero attached hydrogens (tertiary/aromatic N) is 3. The molecule has 0 radical (unpaired) electrons. The first-order chi connectivity index (χ1) is 12.7. The molecule has 0 unspecified atom stereocenters. The van der Waals surface area contributed by atoms with Crippen LogP contribution in [-0.2, 0) is 11.8 Å². The van der Waals surface area contributed by atoms with Crippen LogP contribution in [0.3, 0.4) is 0 Å². The number of aryl methyl sites for hydroxylation is 2. The maximum atomic E-state index is 13.1. The SMILES string of the molecule is Cc1c(C(=O)N2CCC3(CCc4ccccc43)CC2)nc2ccccn12. The predicted molar refractivity (Wildman–Crippen MR) is 102 cm³/mol. The molecule has 1 aromatic carbocycles. The molecule has 1 aliphatic heterocycles. The van der Waals surface area contributed by atoms with E-state index >= 15 is 0 Å². The van der Waals surface area contributed by atoms with Gasteiger partial charge in [-0.2, -0.15) is 0 Å². The Labute approximate surface area is 153 Å². The molecule has 0 saturated carbocycles. The number of rotatable bonds is 1. The van der Waals surface area contributed by atoms with Gasteiger partial charge in [-0.1, -0.05) is 30.3 Å². The van der Waals surface area contributed by atoms with Gasteiger partial charge in [-0.25, -0.2) is 4.98 Å². The number of aromatic nitrogens is 2. The minimum atomic E-state index is 0.0762. The summed E-state index contributed by atoms with van der Waals surface area (Å²) in [5.74, 6) is 0.0762. The number of pyridine rings is 1. The number of carbonyl (C=O) groups is 1. The normalized spacial score (nSPS) is 18.4. The lowest BCUT2D eigenvalue weighted by molar-refractivity contribution is 0.0660. The Hall–Kier alpha value is -2.62. The lowest BCUT2D eigenvalue weighted by atomic mass is 9.74. The van der Waals surface area contributed by atoms with Crippen molar-refractivity contribution in [1.82, 2.24) is 14.3 Å². The van der Waals surface area contributed by atoms with Gasteiger partial charge in [0.1, 0.15) is 11.3 Å². The largest absolute Gasteiger partial charge is 0.337 e. The molecule has 26 heavy (non-hydrogen) atoms. The summed E-state index contributed by atoms with van der Waals surface area (Å²) < 4.78 is 1.99. The Bertz CT molecular complexity index is 996. The van der Waals surface area contributed by atoms with Crippen molar-refractivity contribution in [2.45, 2.75) is 38.0 Å². The van der Waals surface area contributed by atoms with E-state index in [9.17, 15) is 4.79 Å². The van der Waals surface area contributed by atoms with Gasteiger partial charge in [-0.15, -0.1) is 0 Å². The number of carbonyl (C=O) groups excluding carboxylic acids is 1. The number of piperidine rings is 1. The monoisotopic (exact) mass is 345 g/mol. The van der Waals surface area contributed by atoms with Crippen LogP contribution in [0.5, 0.6) is 0 Å². The van der Waals surface area contributed by atoms with Crippen molar-refractivity contribution in [3.05, 3.63) is 71.2 Å². The molecule has 4 nitrogen and oxygen atoms in total. The number of amides is 1. The molecule has 1 aliphatic carbocycles. The van der Waals surface area contributed by atoms with Crippen molar-refractivity contribution in [2.24, 2.45) is 0 Å². The van der Waals surface area contributed by atoms with Gasteiger partial charge in [-0.05, 0) is 61.3 Å². The number of hydrogen-bond acceptors (Lipinski definition) is 2. The van der Waals surface area contributed by atoms with Crippen LogP contribution in [0.25, 0.3) is 5.65 Å². The first-order valence-electron chi connectivity index (χ1n) is 9.49. The van der Waals surface area contributed by atoms with Crippen LogP contribution in [0.2, 0.25) is 0 Å². The Morgan fingerprint density at radius 2 is 1.81 bits per heavy atom. The Kier molecular flexibility index (Phi) is 3.42. The molecule has 1 fully saturated rings. The van der Waals surface area contributed by atoms with Crippen LogP contribution in [0.1, 0.15) is 46.6 Å². The zero-order valence-corrected chi connectivity index (χ0v) is 15.1. The van der Waals surface area contributed by atoms with Gasteiger partial charge in [-0.3, -0.25) is 4.79 Å². The minimum absolute atomic E-state index is 0.0762. The van der Waals surface area contributed by atoms with E-state index < -0.39 is 0 Å². The summed E-state index contributed by atoms with van der Waals surface area (Å²) in [5, 5.41) is 0. The fourth-order valence-corrected chi connectivity index (χ4v) is 4.89. The summed E-state index contributed by atoms with van der Waals surface area (Å²) >= 11 is 0. The summed E-state index contributed by atoms with van der Waals surface area (Å²) in [5.41, 5.74) is 5.67. The number of imidazole rings is 1. The highest BCUT2D eigenvalue weighted by Crippen LogP contribution is 2.46. The van der Waals surface area contributed by atoms with E-state index in [2.05, 4.69) is 29.2 Å². The second-order valence-corrected chi connectivity index (χ2v) is 7.70. The van der Waals surface area contributed by atoms with Crippen molar-refractivity contribution in [1.29, 1.82) is 0 Å². The van der Waals surface area contributed by atoms with Crippen LogP contribution in [0.15, 0.2) is 48.7 Å². The van der Waals surface area contributed by atoms with Crippen molar-refractivity contribution >= 4 is 11.6 Å². The van der Waals surface area contributed by atoms with Gasteiger partial charge in [0.25, 0.3) is 5.91 Å². The second-order valence-electron chi connectivity index (χ2n) is 7.70. The first-order valence-corrected chi connectivity index (χ1v) is 9.49. The van der Waals surface area contributed by atoms with Gasteiger partial charge in [0, 0.05) is 19.3 Å². The molecule has 1 spiro atoms. The van der Waals surface area contributed by atoms with Gasteiger partial charge in [0.2, 0.25) is 0 Å². The third kappa shape index (κ3) is 2.21. The highest BCUT2D eigenvalue weighted by atomic mass is 16.2. The third-order valence-corrected chi connectivity index (χ3v) is 6.44. The van der Waals surface area contributed by atoms with Gasteiger partial charge < -0.3 is 9.30 Å². The van der Waals surface area contributed by atoms with Crippen molar-refractivity contribution in [3.8, 4) is 0 Å². The van der Waals surface area contributed by atoms with E-state index in [-0.39, 0.29) is 11.3 Å². The third-order valence-electron chi connectivity index (χ3n) is 6.44. The zero-order valence-electron chi connectivity index (χ0n) is 15.1. The fraction of sp³-hybridized carbons (Fsp3) is 0.364. The van der Waals surface area contributed by atoms with Gasteiger partial charge in [0.15, 0.2) is 0 Å². The van der Waals surface area contributed by atoms with Gasteiger partial charge in [0.05, 0.1) is 5.69 Å². The van der Waals surface area contributed by atoms with E-state index in [0.29, 0.717) is 5.69 Å². The average molecular weight is 345 g/mol. The number of fused-ring (bicyclic) bond motifs is 3. The van der Waals surface area contributed by atoms with Gasteiger partial charge >= 0.3 is 0 Å². The topological polar surface area (TPSA) is 37.6 Å². The lowest BCUT2D eigenvalue weighted by Crippen LogP contribution is -2.44. The first kappa shape index (κ1) is 15.6. The zero-order chi connectivity index (χ0) is 17.7. The summed E-state index contributed by atoms with van der Waals surface area (Å²) in [6.07, 6.45) is 6.48. The standard InChI is InChI=1S/C22H23N3O/c1-16-20(23-19-8-4-5-13-25(16)19)21(26)24-14-11-22(12-15-24)10-9-17-6-2-3-7-18(17)22/h2-8,13H,9-12,14-15H2,1H3. The minimum Gasteiger partial charge on any atom is -0.337 e. The Balaban J connectivity index is 1.39. The smallest absolute Gasteiger partial charge is 0.274 e. The second kappa shape index (κ2) is 5.70. The van der Waals surface area contributed by atoms with Crippen LogP contribution in [-0.4, -0.2) is 33.3 Å². The Morgan fingerprint density at radius 3 is 2.62 bits per heavy atom. The molecule has 3 aromatic rings. The lowest BCUT2D eigenvalue weighted by Gasteiger charge is -2.40. The maximum absolute atomic E-state index is 13.1. The summed E-state index contributed by atoms with van der Waals surface area (Å²) in [6.45, 7) is 3.62. The highest BCUT2D eigenvalue weighted by Gasteiger charge is 2.42. The molecule has 3 heterocycles. The van der Waals surface area contributed by atoms with Crippen LogP contribution in [0, 0.1) is 6.92 Å². The van der Waals surface area contributed by atoms with Crippen LogP contribution >= 0.6 is 0 Å². The summed E-state index contributed by atoms with van der Waals surface area (Å²) in [7, 11) is 0. The van der Waals surface area contributed by atoms with Crippen molar-refractivity contribution in [2.75, 3.05) is 13.1 Å². The van der Waals surface area contributed by atoms with Crippen molar-refractivity contribution < 1.29 is 4.79 Å². The molecule has 0 N–H and O–H groups in total. The fourth-order valence-electron chi connectivity index (χ4n) is 4.89. The molecular formula is C22H23N3O. The maximum Gasteiger partial charge on any atom is 0.274 e. The quantitative estimate of drug-likeness (QED) is 0.673. The van der Waals surface area contributed by atoms with E-state index in [1.165, 1.54) is 24.0 Å². The number of likely N-dealkylation sites (tertiary alicyclic amines) is 1. The summed E-state index contributed by atoms with van der Waals surface area (Å²) in [6, 6.07) is 14.7. The number of benzene rings is 1. The molecule has 2 aliphatic rings. The molecule has 1 saturated heterocycles. The Morgan fingerprint density at radius 1 is 1.04 bits per heavy atom. The molecule has 0 atom stereocenters. The van der Waals surface area contributed by atoms with Crippen molar-refractivity contribution in [3.63, 3.8) is 0 Å². The van der Waals surface area contributed by atoms with E-state index in [1.807, 2.05) is 40.6 Å². The molecule has 0 bridgehead atoms. The molecule has 1 amide bonds. The summed E-state index contributed by atoms with van der Waals surface area (Å²) in [4.78, 5) is 19.7. The van der Waals surface area contributed by atoms with Crippen LogP contribution in [0.4, 0.5) is 0 Å². The van der Waals surface area contributed by atoms with E-state index in [4.69, 9.17) is 0 Å². The van der Waals surface area contributed by atoms with Crippen LogP contribution < -0.4 is 0 Å². The number of hydrogen-bond donors (Lipinski definition) is 0. The average Bonchev–Trinajstić information content (AvgIpc) is 3.21. The van der Waals surface area contributed by atoms with E-state index in [1.54, 1.807) is 0 Å². The highest BCUT2D eigenvalue weighted by molar-refractivity contribution is 5.94. The molecule has 132 valence electrons. The molecular weight excluding hydrogens is 322 g/mol. The predicted octanol–water partition coefficient (Wildman–Crippen LogP) is 3.76. The molecule has 2 aromatic heterocycles.